The van der Waals surface area contributed by atoms with Crippen LogP contribution in [0.4, 0.5) is 18.9 Å². The van der Waals surface area contributed by atoms with Gasteiger partial charge in [-0.05, 0) is 39.0 Å². The number of alkyl halides is 3. The van der Waals surface area contributed by atoms with E-state index in [9.17, 15) is 13.2 Å². The molecular formula is C15H14F3N3O. The monoisotopic (exact) mass is 309 g/mol. The highest BCUT2D eigenvalue weighted by molar-refractivity contribution is 5.54. The Balaban J connectivity index is 2.33. The molecule has 0 saturated carbocycles. The van der Waals surface area contributed by atoms with E-state index in [0.717, 1.165) is 17.7 Å². The number of benzene rings is 1. The summed E-state index contributed by atoms with van der Waals surface area (Å²) in [6, 6.07) is 4.82. The number of rotatable bonds is 3. The summed E-state index contributed by atoms with van der Waals surface area (Å²) in [6.07, 6.45) is -4.57. The maximum Gasteiger partial charge on any atom is 0.417 e. The number of nitrogens with zero attached hydrogens (tertiary/aromatic N) is 2. The third kappa shape index (κ3) is 3.06. The Kier molecular flexibility index (Phi) is 4.13. The van der Waals surface area contributed by atoms with Gasteiger partial charge in [-0.1, -0.05) is 5.16 Å². The minimum atomic E-state index is -4.57. The van der Waals surface area contributed by atoms with Crippen LogP contribution in [-0.2, 0) is 6.18 Å². The highest BCUT2D eigenvalue weighted by Gasteiger charge is 2.34. The minimum absolute atomic E-state index is 0.277. The summed E-state index contributed by atoms with van der Waals surface area (Å²) in [5.41, 5.74) is 0.410. The largest absolute Gasteiger partial charge is 0.417 e. The summed E-state index contributed by atoms with van der Waals surface area (Å²) in [6.45, 7) is 5.31. The van der Waals surface area contributed by atoms with Gasteiger partial charge in [-0.15, -0.1) is 0 Å². The molecule has 2 rings (SSSR count). The molecule has 1 aromatic heterocycles. The van der Waals surface area contributed by atoms with E-state index >= 15 is 0 Å². The van der Waals surface area contributed by atoms with Crippen molar-refractivity contribution in [3.8, 4) is 6.07 Å². The smallest absolute Gasteiger partial charge is 0.378 e. The Morgan fingerprint density at radius 2 is 2.00 bits per heavy atom. The standard InChI is InChI=1S/C15H14F3N3O/c1-8(14-9(2)21-22-10(14)3)20-12-5-4-11(7-19)13(6-12)15(16,17)18/h4-6,8,20H,1-3H3. The van der Waals surface area contributed by atoms with Crippen molar-refractivity contribution in [3.63, 3.8) is 0 Å². The SMILES string of the molecule is Cc1noc(C)c1C(C)Nc1ccc(C#N)c(C(F)(F)F)c1. The van der Waals surface area contributed by atoms with Gasteiger partial charge in [0.2, 0.25) is 0 Å². The molecular weight excluding hydrogens is 295 g/mol. The number of aromatic nitrogens is 1. The van der Waals surface area contributed by atoms with Gasteiger partial charge >= 0.3 is 6.18 Å². The molecule has 1 atom stereocenters. The van der Waals surface area contributed by atoms with Crippen molar-refractivity contribution >= 4 is 5.69 Å². The Hall–Kier alpha value is -2.49. The number of aryl methyl sites for hydroxylation is 2. The van der Waals surface area contributed by atoms with Crippen molar-refractivity contribution in [2.45, 2.75) is 33.0 Å². The summed E-state index contributed by atoms with van der Waals surface area (Å²) in [5, 5.41) is 15.6. The van der Waals surface area contributed by atoms with Crippen LogP contribution in [0.15, 0.2) is 22.7 Å². The summed E-state index contributed by atoms with van der Waals surface area (Å²) in [4.78, 5) is 0. The first-order valence-electron chi connectivity index (χ1n) is 6.54. The van der Waals surface area contributed by atoms with Gasteiger partial charge in [0.15, 0.2) is 0 Å². The normalized spacial score (nSPS) is 12.8. The molecule has 0 aliphatic heterocycles. The van der Waals surface area contributed by atoms with Gasteiger partial charge in [-0.2, -0.15) is 18.4 Å². The molecule has 0 amide bonds. The molecule has 116 valence electrons. The van der Waals surface area contributed by atoms with Gasteiger partial charge in [0.25, 0.3) is 0 Å². The summed E-state index contributed by atoms with van der Waals surface area (Å²) < 4.78 is 43.9. The fourth-order valence-electron chi connectivity index (χ4n) is 2.40. The predicted molar refractivity (Wildman–Crippen MR) is 74.2 cm³/mol. The van der Waals surface area contributed by atoms with Crippen LogP contribution < -0.4 is 5.32 Å². The first-order chi connectivity index (χ1) is 10.2. The number of hydrogen-bond acceptors (Lipinski definition) is 4. The molecule has 0 aliphatic rings. The first kappa shape index (κ1) is 15.9. The van der Waals surface area contributed by atoms with E-state index in [4.69, 9.17) is 9.78 Å². The van der Waals surface area contributed by atoms with E-state index in [0.29, 0.717) is 11.5 Å². The summed E-state index contributed by atoms with van der Waals surface area (Å²) >= 11 is 0. The molecule has 1 aromatic carbocycles. The maximum atomic E-state index is 13.0. The third-order valence-corrected chi connectivity index (χ3v) is 3.35. The average Bonchev–Trinajstić information content (AvgIpc) is 2.77. The van der Waals surface area contributed by atoms with Crippen LogP contribution in [-0.4, -0.2) is 5.16 Å². The lowest BCUT2D eigenvalue weighted by Crippen LogP contribution is -2.12. The molecule has 0 aliphatic carbocycles. The fourth-order valence-corrected chi connectivity index (χ4v) is 2.40. The van der Waals surface area contributed by atoms with Crippen molar-refractivity contribution in [2.24, 2.45) is 0 Å². The van der Waals surface area contributed by atoms with E-state index < -0.39 is 17.3 Å². The fraction of sp³-hybridized carbons (Fsp3) is 0.333. The van der Waals surface area contributed by atoms with E-state index in [1.54, 1.807) is 26.8 Å². The van der Waals surface area contributed by atoms with Crippen molar-refractivity contribution in [3.05, 3.63) is 46.3 Å². The Morgan fingerprint density at radius 3 is 2.50 bits per heavy atom. The molecule has 0 fully saturated rings. The van der Waals surface area contributed by atoms with E-state index in [1.165, 1.54) is 6.07 Å². The quantitative estimate of drug-likeness (QED) is 0.915. The average molecular weight is 309 g/mol. The Bertz CT molecular complexity index is 709. The maximum absolute atomic E-state index is 13.0. The lowest BCUT2D eigenvalue weighted by Gasteiger charge is -2.17. The van der Waals surface area contributed by atoms with Gasteiger partial charge < -0.3 is 9.84 Å². The van der Waals surface area contributed by atoms with Gasteiger partial charge in [-0.25, -0.2) is 0 Å². The lowest BCUT2D eigenvalue weighted by atomic mass is 10.0. The second-order valence-corrected chi connectivity index (χ2v) is 4.97. The van der Waals surface area contributed by atoms with Gasteiger partial charge in [0.1, 0.15) is 5.76 Å². The number of halogens is 3. The second kappa shape index (κ2) is 5.72. The second-order valence-electron chi connectivity index (χ2n) is 4.97. The first-order valence-corrected chi connectivity index (χ1v) is 6.54. The zero-order chi connectivity index (χ0) is 16.5. The Labute approximate surface area is 125 Å². The van der Waals surface area contributed by atoms with Crippen molar-refractivity contribution in [1.82, 2.24) is 5.16 Å². The van der Waals surface area contributed by atoms with Crippen LogP contribution in [0.5, 0.6) is 0 Å². The molecule has 1 heterocycles. The molecule has 0 radical (unpaired) electrons. The van der Waals surface area contributed by atoms with Crippen LogP contribution in [0.1, 0.15) is 41.1 Å². The molecule has 0 saturated heterocycles. The Morgan fingerprint density at radius 1 is 1.32 bits per heavy atom. The molecule has 1 unspecified atom stereocenters. The molecule has 0 bridgehead atoms. The number of anilines is 1. The molecule has 4 nitrogen and oxygen atoms in total. The highest BCUT2D eigenvalue weighted by atomic mass is 19.4. The van der Waals surface area contributed by atoms with E-state index in [2.05, 4.69) is 10.5 Å². The summed E-state index contributed by atoms with van der Waals surface area (Å²) in [5.74, 6) is 0.613. The molecule has 0 spiro atoms. The topological polar surface area (TPSA) is 61.9 Å². The van der Waals surface area contributed by atoms with Crippen molar-refractivity contribution in [1.29, 1.82) is 5.26 Å². The molecule has 1 N–H and O–H groups in total. The van der Waals surface area contributed by atoms with E-state index in [-0.39, 0.29) is 11.7 Å². The van der Waals surface area contributed by atoms with Crippen LogP contribution in [0.25, 0.3) is 0 Å². The number of nitriles is 1. The van der Waals surface area contributed by atoms with Gasteiger partial charge in [0, 0.05) is 11.3 Å². The molecule has 2 aromatic rings. The van der Waals surface area contributed by atoms with Crippen LogP contribution >= 0.6 is 0 Å². The number of hydrogen-bond donors (Lipinski definition) is 1. The van der Waals surface area contributed by atoms with Crippen LogP contribution in [0, 0.1) is 25.2 Å². The molecule has 22 heavy (non-hydrogen) atoms. The van der Waals surface area contributed by atoms with Crippen molar-refractivity contribution in [2.75, 3.05) is 5.32 Å². The van der Waals surface area contributed by atoms with Gasteiger partial charge in [0.05, 0.1) is 28.9 Å². The molecule has 7 heteroatoms. The zero-order valence-corrected chi connectivity index (χ0v) is 12.2. The predicted octanol–water partition coefficient (Wildman–Crippen LogP) is 4.36. The third-order valence-electron chi connectivity index (χ3n) is 3.35. The minimum Gasteiger partial charge on any atom is -0.378 e. The number of nitrogens with one attached hydrogen (secondary N) is 1. The van der Waals surface area contributed by atoms with Crippen LogP contribution in [0.3, 0.4) is 0 Å². The summed E-state index contributed by atoms with van der Waals surface area (Å²) in [7, 11) is 0. The van der Waals surface area contributed by atoms with Crippen LogP contribution in [0.2, 0.25) is 0 Å². The highest BCUT2D eigenvalue weighted by Crippen LogP contribution is 2.34. The van der Waals surface area contributed by atoms with Gasteiger partial charge in [-0.3, -0.25) is 0 Å². The van der Waals surface area contributed by atoms with Crippen molar-refractivity contribution < 1.29 is 17.7 Å². The zero-order valence-electron chi connectivity index (χ0n) is 12.2. The lowest BCUT2D eigenvalue weighted by molar-refractivity contribution is -0.137. The van der Waals surface area contributed by atoms with E-state index in [1.807, 2.05) is 0 Å².